The number of ketones is 1. The summed E-state index contributed by atoms with van der Waals surface area (Å²) in [7, 11) is 0. The molecule has 2 N–H and O–H groups in total. The lowest BCUT2D eigenvalue weighted by Gasteiger charge is -2.15. The van der Waals surface area contributed by atoms with Crippen molar-refractivity contribution in [3.8, 4) is 0 Å². The highest BCUT2D eigenvalue weighted by atomic mass is 16.3. The molecule has 1 heterocycles. The Labute approximate surface area is 47.7 Å². The zero-order chi connectivity index (χ0) is 5.98. The number of aliphatic hydroxyl groups excluding tert-OH is 1. The normalized spacial score (nSPS) is 30.6. The monoisotopic (exact) mass is 115 g/mol. The minimum absolute atomic E-state index is 0.0868. The predicted molar refractivity (Wildman–Crippen MR) is 28.5 cm³/mol. The van der Waals surface area contributed by atoms with E-state index in [9.17, 15) is 4.79 Å². The van der Waals surface area contributed by atoms with E-state index >= 15 is 0 Å². The molecule has 1 unspecified atom stereocenters. The van der Waals surface area contributed by atoms with Crippen molar-refractivity contribution in [1.29, 1.82) is 0 Å². The van der Waals surface area contributed by atoms with Gasteiger partial charge >= 0.3 is 0 Å². The Bertz CT molecular complexity index is 103. The van der Waals surface area contributed by atoms with Crippen molar-refractivity contribution in [3.05, 3.63) is 0 Å². The highest BCUT2D eigenvalue weighted by Crippen LogP contribution is 1.95. The Balaban J connectivity index is 2.39. The van der Waals surface area contributed by atoms with Crippen LogP contribution in [0.1, 0.15) is 6.42 Å². The van der Waals surface area contributed by atoms with E-state index in [0.29, 0.717) is 13.0 Å². The number of nitrogens with one attached hydrogen (secondary N) is 1. The molecule has 0 aromatic rings. The molecule has 1 saturated heterocycles. The topological polar surface area (TPSA) is 49.3 Å². The molecule has 0 saturated carbocycles. The van der Waals surface area contributed by atoms with E-state index in [1.165, 1.54) is 0 Å². The van der Waals surface area contributed by atoms with Crippen molar-refractivity contribution >= 4 is 5.78 Å². The van der Waals surface area contributed by atoms with Crippen LogP contribution in [0.3, 0.4) is 0 Å². The number of aliphatic hydroxyl groups is 1. The molecule has 1 rings (SSSR count). The quantitative estimate of drug-likeness (QED) is 0.421. The lowest BCUT2D eigenvalue weighted by Crippen LogP contribution is -2.39. The molecule has 0 spiro atoms. The van der Waals surface area contributed by atoms with Crippen LogP contribution in [0.4, 0.5) is 0 Å². The van der Waals surface area contributed by atoms with Gasteiger partial charge in [-0.15, -0.1) is 0 Å². The van der Waals surface area contributed by atoms with Crippen molar-refractivity contribution < 1.29 is 9.90 Å². The van der Waals surface area contributed by atoms with Gasteiger partial charge in [0, 0.05) is 0 Å². The third-order valence-corrected chi connectivity index (χ3v) is 1.27. The lowest BCUT2D eigenvalue weighted by atomic mass is 10.1. The van der Waals surface area contributed by atoms with E-state index in [4.69, 9.17) is 5.11 Å². The molecular formula is C5H9NO2. The van der Waals surface area contributed by atoms with Gasteiger partial charge in [0.1, 0.15) is 6.10 Å². The minimum atomic E-state index is -0.698. The van der Waals surface area contributed by atoms with Crippen LogP contribution in [-0.4, -0.2) is 30.1 Å². The van der Waals surface area contributed by atoms with Gasteiger partial charge < -0.3 is 10.4 Å². The summed E-state index contributed by atoms with van der Waals surface area (Å²) in [6.07, 6.45) is -0.130. The maximum atomic E-state index is 10.5. The predicted octanol–water partition coefficient (Wildman–Crippen LogP) is -1.09. The number of piperidine rings is 1. The van der Waals surface area contributed by atoms with Crippen molar-refractivity contribution in [1.82, 2.24) is 5.32 Å². The summed E-state index contributed by atoms with van der Waals surface area (Å²) in [6.45, 7) is 1.09. The third kappa shape index (κ3) is 1.05. The average molecular weight is 115 g/mol. The van der Waals surface area contributed by atoms with E-state index in [2.05, 4.69) is 5.32 Å². The lowest BCUT2D eigenvalue weighted by molar-refractivity contribution is -0.127. The number of carbonyl (C=O) groups excluding carboxylic acids is 1. The smallest absolute Gasteiger partial charge is 0.174 e. The van der Waals surface area contributed by atoms with Gasteiger partial charge in [0.25, 0.3) is 0 Å². The summed E-state index contributed by atoms with van der Waals surface area (Å²) in [4.78, 5) is 10.5. The molecule has 3 nitrogen and oxygen atoms in total. The average Bonchev–Trinajstić information content (AvgIpc) is 1.77. The molecule has 0 amide bonds. The first kappa shape index (κ1) is 5.72. The van der Waals surface area contributed by atoms with Crippen LogP contribution in [0.15, 0.2) is 0 Å². The second kappa shape index (κ2) is 2.24. The van der Waals surface area contributed by atoms with Crippen LogP contribution >= 0.6 is 0 Å². The summed E-state index contributed by atoms with van der Waals surface area (Å²) in [5.41, 5.74) is 0. The van der Waals surface area contributed by atoms with Gasteiger partial charge in [-0.1, -0.05) is 0 Å². The highest BCUT2D eigenvalue weighted by Gasteiger charge is 2.17. The zero-order valence-electron chi connectivity index (χ0n) is 4.55. The minimum Gasteiger partial charge on any atom is -0.385 e. The van der Waals surface area contributed by atoms with Gasteiger partial charge in [-0.3, -0.25) is 4.79 Å². The second-order valence-corrected chi connectivity index (χ2v) is 1.95. The Morgan fingerprint density at radius 3 is 2.88 bits per heavy atom. The highest BCUT2D eigenvalue weighted by molar-refractivity contribution is 5.85. The fraction of sp³-hybridized carbons (Fsp3) is 0.800. The van der Waals surface area contributed by atoms with Crippen LogP contribution < -0.4 is 5.32 Å². The first-order chi connectivity index (χ1) is 3.80. The Morgan fingerprint density at radius 2 is 2.50 bits per heavy atom. The van der Waals surface area contributed by atoms with Gasteiger partial charge in [0.05, 0.1) is 6.54 Å². The van der Waals surface area contributed by atoms with Crippen LogP contribution in [0.25, 0.3) is 0 Å². The molecule has 46 valence electrons. The van der Waals surface area contributed by atoms with E-state index in [1.54, 1.807) is 0 Å². The van der Waals surface area contributed by atoms with Crippen LogP contribution in [0.5, 0.6) is 0 Å². The molecular weight excluding hydrogens is 106 g/mol. The number of carbonyl (C=O) groups is 1. The van der Waals surface area contributed by atoms with Gasteiger partial charge in [-0.25, -0.2) is 0 Å². The number of Topliss-reactive ketones (excluding diaryl/α,β-unsaturated/α-hetero) is 1. The maximum Gasteiger partial charge on any atom is 0.174 e. The van der Waals surface area contributed by atoms with E-state index in [-0.39, 0.29) is 5.78 Å². The standard InChI is InChI=1S/C5H9NO2/c7-4-1-2-6-3-5(4)8/h4,6-7H,1-3H2. The van der Waals surface area contributed by atoms with Crippen molar-refractivity contribution in [3.63, 3.8) is 0 Å². The molecule has 3 heteroatoms. The van der Waals surface area contributed by atoms with Crippen LogP contribution in [0.2, 0.25) is 0 Å². The molecule has 1 atom stereocenters. The molecule has 0 aromatic heterocycles. The Morgan fingerprint density at radius 1 is 1.75 bits per heavy atom. The molecule has 1 fully saturated rings. The maximum absolute atomic E-state index is 10.5. The summed E-state index contributed by atoms with van der Waals surface area (Å²) in [5, 5.41) is 11.6. The van der Waals surface area contributed by atoms with Crippen LogP contribution in [0, 0.1) is 0 Å². The van der Waals surface area contributed by atoms with Crippen molar-refractivity contribution in [2.75, 3.05) is 13.1 Å². The van der Waals surface area contributed by atoms with Gasteiger partial charge in [-0.2, -0.15) is 0 Å². The third-order valence-electron chi connectivity index (χ3n) is 1.27. The second-order valence-electron chi connectivity index (χ2n) is 1.95. The number of hydrogen-bond donors (Lipinski definition) is 2. The van der Waals surface area contributed by atoms with Crippen LogP contribution in [-0.2, 0) is 4.79 Å². The molecule has 0 bridgehead atoms. The first-order valence-corrected chi connectivity index (χ1v) is 2.72. The fourth-order valence-corrected chi connectivity index (χ4v) is 0.729. The van der Waals surface area contributed by atoms with Gasteiger partial charge in [0.2, 0.25) is 0 Å². The zero-order valence-corrected chi connectivity index (χ0v) is 4.55. The Kier molecular flexibility index (Phi) is 1.60. The van der Waals surface area contributed by atoms with Gasteiger partial charge in [-0.05, 0) is 13.0 Å². The van der Waals surface area contributed by atoms with Crippen molar-refractivity contribution in [2.24, 2.45) is 0 Å². The fourth-order valence-electron chi connectivity index (χ4n) is 0.729. The molecule has 0 aromatic carbocycles. The van der Waals surface area contributed by atoms with E-state index in [0.717, 1.165) is 6.54 Å². The number of hydrogen-bond acceptors (Lipinski definition) is 3. The summed E-state index contributed by atoms with van der Waals surface area (Å²) < 4.78 is 0. The molecule has 0 radical (unpaired) electrons. The molecule has 1 aliphatic heterocycles. The van der Waals surface area contributed by atoms with E-state index in [1.807, 2.05) is 0 Å². The Hall–Kier alpha value is -0.410. The number of rotatable bonds is 0. The summed E-state index contributed by atoms with van der Waals surface area (Å²) in [5.74, 6) is -0.0868. The first-order valence-electron chi connectivity index (χ1n) is 2.72. The van der Waals surface area contributed by atoms with Gasteiger partial charge in [0.15, 0.2) is 5.78 Å². The molecule has 8 heavy (non-hydrogen) atoms. The van der Waals surface area contributed by atoms with Crippen molar-refractivity contribution in [2.45, 2.75) is 12.5 Å². The largest absolute Gasteiger partial charge is 0.385 e. The SMILES string of the molecule is O=C1CNCCC1O. The molecule has 0 aliphatic carbocycles. The summed E-state index contributed by atoms with van der Waals surface area (Å²) >= 11 is 0. The van der Waals surface area contributed by atoms with E-state index < -0.39 is 6.10 Å². The molecule has 1 aliphatic rings. The summed E-state index contributed by atoms with van der Waals surface area (Å²) in [6, 6.07) is 0.